The van der Waals surface area contributed by atoms with Gasteiger partial charge < -0.3 is 14.5 Å². The maximum absolute atomic E-state index is 12.7. The van der Waals surface area contributed by atoms with E-state index in [0.717, 1.165) is 33.5 Å². The van der Waals surface area contributed by atoms with Crippen molar-refractivity contribution in [2.24, 2.45) is 0 Å². The number of furan rings is 1. The van der Waals surface area contributed by atoms with Crippen LogP contribution in [0.3, 0.4) is 0 Å². The van der Waals surface area contributed by atoms with Gasteiger partial charge >= 0.3 is 0 Å². The number of aryl methyl sites for hydroxylation is 1. The van der Waals surface area contributed by atoms with E-state index in [2.05, 4.69) is 5.32 Å². The molecule has 0 radical (unpaired) electrons. The number of benzene rings is 3. The van der Waals surface area contributed by atoms with Crippen molar-refractivity contribution >= 4 is 22.6 Å². The number of nitrogens with one attached hydrogen (secondary N) is 1. The van der Waals surface area contributed by atoms with Crippen LogP contribution in [0.15, 0.2) is 77.4 Å². The van der Waals surface area contributed by atoms with Crippen LogP contribution in [0.1, 0.15) is 15.9 Å². The molecule has 134 valence electrons. The molecule has 4 heteroatoms. The fourth-order valence-corrected chi connectivity index (χ4v) is 3.26. The number of carbonyl (C=O) groups excluding carboxylic acids is 1. The Morgan fingerprint density at radius 3 is 2.48 bits per heavy atom. The first-order valence-corrected chi connectivity index (χ1v) is 8.69. The molecular weight excluding hydrogens is 338 g/mol. The molecule has 0 fully saturated rings. The summed E-state index contributed by atoms with van der Waals surface area (Å²) in [5.74, 6) is 0.623. The van der Waals surface area contributed by atoms with Crippen LogP contribution in [-0.2, 0) is 0 Å². The molecule has 0 unspecified atom stereocenters. The summed E-state index contributed by atoms with van der Waals surface area (Å²) in [7, 11) is 1.66. The van der Waals surface area contributed by atoms with E-state index < -0.39 is 0 Å². The highest BCUT2D eigenvalue weighted by molar-refractivity contribution is 6.13. The summed E-state index contributed by atoms with van der Waals surface area (Å²) in [5, 5.41) is 3.82. The Morgan fingerprint density at radius 1 is 0.963 bits per heavy atom. The van der Waals surface area contributed by atoms with Gasteiger partial charge in [0.2, 0.25) is 0 Å². The van der Waals surface area contributed by atoms with Crippen LogP contribution in [-0.4, -0.2) is 13.0 Å². The first-order valence-electron chi connectivity index (χ1n) is 8.69. The van der Waals surface area contributed by atoms with Crippen LogP contribution in [0, 0.1) is 6.92 Å². The first kappa shape index (κ1) is 16.9. The summed E-state index contributed by atoms with van der Waals surface area (Å²) in [5.41, 5.74) is 5.04. The van der Waals surface area contributed by atoms with E-state index in [1.54, 1.807) is 13.4 Å². The van der Waals surface area contributed by atoms with Gasteiger partial charge in [-0.2, -0.15) is 0 Å². The van der Waals surface area contributed by atoms with Gasteiger partial charge in [-0.05, 0) is 60.0 Å². The van der Waals surface area contributed by atoms with Crippen LogP contribution in [0.4, 0.5) is 5.69 Å². The van der Waals surface area contributed by atoms with Crippen LogP contribution in [0.2, 0.25) is 0 Å². The number of hydrogen-bond donors (Lipinski definition) is 1. The normalized spacial score (nSPS) is 10.7. The second-order valence-corrected chi connectivity index (χ2v) is 6.33. The third-order valence-electron chi connectivity index (χ3n) is 4.62. The highest BCUT2D eigenvalue weighted by Gasteiger charge is 2.17. The molecule has 0 aliphatic heterocycles. The minimum Gasteiger partial charge on any atom is -0.497 e. The molecule has 1 heterocycles. The summed E-state index contributed by atoms with van der Waals surface area (Å²) in [6.45, 7) is 2.04. The summed E-state index contributed by atoms with van der Waals surface area (Å²) >= 11 is 0. The predicted octanol–water partition coefficient (Wildman–Crippen LogP) is 5.67. The highest BCUT2D eigenvalue weighted by Crippen LogP contribution is 2.35. The van der Waals surface area contributed by atoms with E-state index in [9.17, 15) is 4.79 Å². The molecule has 4 aromatic rings. The van der Waals surface area contributed by atoms with E-state index in [4.69, 9.17) is 9.15 Å². The molecule has 0 aliphatic rings. The number of anilines is 1. The maximum Gasteiger partial charge on any atom is 0.259 e. The molecule has 4 nitrogen and oxygen atoms in total. The van der Waals surface area contributed by atoms with Gasteiger partial charge in [-0.3, -0.25) is 4.79 Å². The fraction of sp³-hybridized carbons (Fsp3) is 0.0870. The lowest BCUT2D eigenvalue weighted by atomic mass is 9.95. The molecular formula is C23H19NO3. The second-order valence-electron chi connectivity index (χ2n) is 6.33. The Morgan fingerprint density at radius 2 is 1.74 bits per heavy atom. The van der Waals surface area contributed by atoms with Gasteiger partial charge in [0.15, 0.2) is 0 Å². The van der Waals surface area contributed by atoms with Crippen molar-refractivity contribution in [3.63, 3.8) is 0 Å². The number of methoxy groups -OCH3 is 1. The number of amides is 1. The van der Waals surface area contributed by atoms with Crippen molar-refractivity contribution in [3.8, 4) is 16.9 Å². The molecule has 4 rings (SSSR count). The number of hydrogen-bond acceptors (Lipinski definition) is 3. The summed E-state index contributed by atoms with van der Waals surface area (Å²) in [4.78, 5) is 12.7. The number of carbonyl (C=O) groups is 1. The largest absolute Gasteiger partial charge is 0.497 e. The quantitative estimate of drug-likeness (QED) is 0.512. The third kappa shape index (κ3) is 3.17. The molecule has 0 atom stereocenters. The van der Waals surface area contributed by atoms with Gasteiger partial charge in [0, 0.05) is 11.1 Å². The summed E-state index contributed by atoms with van der Waals surface area (Å²) in [6.07, 6.45) is 1.62. The molecule has 0 spiro atoms. The standard InChI is InChI=1S/C23H19NO3/c1-15-14-17(26-2)8-9-18(15)19-10-11-21(22-20(19)12-13-27-22)23(25)24-16-6-4-3-5-7-16/h3-14H,1-2H3,(H,24,25). The molecule has 27 heavy (non-hydrogen) atoms. The van der Waals surface area contributed by atoms with Crippen molar-refractivity contribution in [1.82, 2.24) is 0 Å². The van der Waals surface area contributed by atoms with Crippen molar-refractivity contribution in [2.45, 2.75) is 6.92 Å². The molecule has 3 aromatic carbocycles. The van der Waals surface area contributed by atoms with Gasteiger partial charge in [0.25, 0.3) is 5.91 Å². The zero-order chi connectivity index (χ0) is 18.8. The Labute approximate surface area is 157 Å². The predicted molar refractivity (Wildman–Crippen MR) is 107 cm³/mol. The lowest BCUT2D eigenvalue weighted by Gasteiger charge is -2.11. The van der Waals surface area contributed by atoms with Crippen LogP contribution >= 0.6 is 0 Å². The number of para-hydroxylation sites is 1. The van der Waals surface area contributed by atoms with Gasteiger partial charge in [-0.1, -0.05) is 30.3 Å². The fourth-order valence-electron chi connectivity index (χ4n) is 3.26. The Kier molecular flexibility index (Phi) is 4.38. The number of fused-ring (bicyclic) bond motifs is 1. The highest BCUT2D eigenvalue weighted by atomic mass is 16.5. The van der Waals surface area contributed by atoms with Gasteiger partial charge in [-0.15, -0.1) is 0 Å². The SMILES string of the molecule is COc1ccc(-c2ccc(C(=O)Nc3ccccc3)c3occc23)c(C)c1. The molecule has 0 saturated carbocycles. The average Bonchev–Trinajstić information content (AvgIpc) is 3.18. The average molecular weight is 357 g/mol. The van der Waals surface area contributed by atoms with E-state index in [1.165, 1.54) is 0 Å². The maximum atomic E-state index is 12.7. The summed E-state index contributed by atoms with van der Waals surface area (Å²) < 4.78 is 11.0. The Hall–Kier alpha value is -3.53. The van der Waals surface area contributed by atoms with Crippen molar-refractivity contribution in [2.75, 3.05) is 12.4 Å². The molecule has 1 N–H and O–H groups in total. The molecule has 0 bridgehead atoms. The van der Waals surface area contributed by atoms with Crippen molar-refractivity contribution in [1.29, 1.82) is 0 Å². The smallest absolute Gasteiger partial charge is 0.259 e. The molecule has 1 aromatic heterocycles. The van der Waals surface area contributed by atoms with Crippen molar-refractivity contribution in [3.05, 3.63) is 84.1 Å². The monoisotopic (exact) mass is 357 g/mol. The first-order chi connectivity index (χ1) is 13.2. The van der Waals surface area contributed by atoms with E-state index in [1.807, 2.05) is 73.7 Å². The van der Waals surface area contributed by atoms with Crippen LogP contribution in [0.25, 0.3) is 22.1 Å². The Balaban J connectivity index is 1.76. The van der Waals surface area contributed by atoms with E-state index in [0.29, 0.717) is 11.1 Å². The zero-order valence-electron chi connectivity index (χ0n) is 15.2. The van der Waals surface area contributed by atoms with E-state index >= 15 is 0 Å². The number of ether oxygens (including phenoxy) is 1. The molecule has 1 amide bonds. The van der Waals surface area contributed by atoms with Gasteiger partial charge in [0.05, 0.1) is 18.9 Å². The lowest BCUT2D eigenvalue weighted by molar-refractivity contribution is 0.102. The van der Waals surface area contributed by atoms with Gasteiger partial charge in [0.1, 0.15) is 11.3 Å². The molecule has 0 aliphatic carbocycles. The molecule has 0 saturated heterocycles. The topological polar surface area (TPSA) is 51.5 Å². The van der Waals surface area contributed by atoms with Crippen LogP contribution in [0.5, 0.6) is 5.75 Å². The minimum absolute atomic E-state index is 0.195. The van der Waals surface area contributed by atoms with Gasteiger partial charge in [-0.25, -0.2) is 0 Å². The minimum atomic E-state index is -0.195. The zero-order valence-corrected chi connectivity index (χ0v) is 15.2. The third-order valence-corrected chi connectivity index (χ3v) is 4.62. The number of rotatable bonds is 4. The lowest BCUT2D eigenvalue weighted by Crippen LogP contribution is -2.12. The summed E-state index contributed by atoms with van der Waals surface area (Å²) in [6, 6.07) is 21.0. The van der Waals surface area contributed by atoms with E-state index in [-0.39, 0.29) is 5.91 Å². The van der Waals surface area contributed by atoms with Crippen molar-refractivity contribution < 1.29 is 13.9 Å². The Bertz CT molecular complexity index is 1110. The van der Waals surface area contributed by atoms with Crippen LogP contribution < -0.4 is 10.1 Å². The second kappa shape index (κ2) is 7.00.